The smallest absolute Gasteiger partial charge is 0.390 e. The molecule has 1 N–H and O–H groups in total. The summed E-state index contributed by atoms with van der Waals surface area (Å²) in [5, 5.41) is 9.77. The SMILES string of the molecule is Cc1ccc(C2CC3(C2)CN(C(=O)[C@H]2C[C@@](C)(O)C2)C3)cc1C(F)(F)F. The quantitative estimate of drug-likeness (QED) is 0.862. The van der Waals surface area contributed by atoms with Crippen molar-refractivity contribution >= 4 is 5.91 Å². The molecule has 0 bridgehead atoms. The molecule has 3 aliphatic rings. The number of hydrogen-bond acceptors (Lipinski definition) is 2. The van der Waals surface area contributed by atoms with Gasteiger partial charge in [-0.2, -0.15) is 13.2 Å². The van der Waals surface area contributed by atoms with Gasteiger partial charge in [0.05, 0.1) is 11.2 Å². The van der Waals surface area contributed by atoms with Crippen LogP contribution in [0.3, 0.4) is 0 Å². The molecule has 3 fully saturated rings. The Balaban J connectivity index is 1.34. The van der Waals surface area contributed by atoms with Crippen LogP contribution in [0.5, 0.6) is 0 Å². The van der Waals surface area contributed by atoms with Crippen molar-refractivity contribution in [3.63, 3.8) is 0 Å². The number of carbonyl (C=O) groups excluding carboxylic acids is 1. The normalized spacial score (nSPS) is 30.5. The summed E-state index contributed by atoms with van der Waals surface area (Å²) in [6.45, 7) is 4.65. The van der Waals surface area contributed by atoms with Crippen molar-refractivity contribution in [2.45, 2.75) is 57.2 Å². The molecule has 142 valence electrons. The van der Waals surface area contributed by atoms with Crippen LogP contribution in [0.4, 0.5) is 13.2 Å². The molecule has 1 saturated heterocycles. The second kappa shape index (κ2) is 5.47. The van der Waals surface area contributed by atoms with E-state index in [1.54, 1.807) is 19.1 Å². The molecule has 0 radical (unpaired) electrons. The van der Waals surface area contributed by atoms with Crippen molar-refractivity contribution in [2.24, 2.45) is 11.3 Å². The van der Waals surface area contributed by atoms with Crippen molar-refractivity contribution in [1.29, 1.82) is 0 Å². The maximum absolute atomic E-state index is 13.1. The minimum atomic E-state index is -4.31. The molecular weight excluding hydrogens is 343 g/mol. The van der Waals surface area contributed by atoms with Gasteiger partial charge in [0.15, 0.2) is 0 Å². The van der Waals surface area contributed by atoms with Crippen LogP contribution in [0.2, 0.25) is 0 Å². The molecule has 1 spiro atoms. The maximum Gasteiger partial charge on any atom is 0.416 e. The van der Waals surface area contributed by atoms with E-state index in [0.29, 0.717) is 25.9 Å². The number of aliphatic hydroxyl groups is 1. The number of benzene rings is 1. The Morgan fingerprint density at radius 3 is 2.35 bits per heavy atom. The average Bonchev–Trinajstić information content (AvgIpc) is 2.41. The van der Waals surface area contributed by atoms with Gasteiger partial charge in [-0.3, -0.25) is 4.79 Å². The zero-order valence-corrected chi connectivity index (χ0v) is 15.1. The molecule has 1 aromatic rings. The van der Waals surface area contributed by atoms with Gasteiger partial charge in [0, 0.05) is 24.4 Å². The number of aryl methyl sites for hydroxylation is 1. The first kappa shape index (κ1) is 17.8. The summed E-state index contributed by atoms with van der Waals surface area (Å²) in [5.74, 6) is 0.211. The van der Waals surface area contributed by atoms with Crippen LogP contribution >= 0.6 is 0 Å². The molecule has 3 nitrogen and oxygen atoms in total. The number of amides is 1. The molecule has 0 unspecified atom stereocenters. The predicted molar refractivity (Wildman–Crippen MR) is 90.5 cm³/mol. The number of rotatable bonds is 2. The number of halogens is 3. The fourth-order valence-electron chi connectivity index (χ4n) is 5.03. The molecule has 0 atom stereocenters. The fourth-order valence-corrected chi connectivity index (χ4v) is 5.03. The topological polar surface area (TPSA) is 40.5 Å². The van der Waals surface area contributed by atoms with E-state index in [2.05, 4.69) is 0 Å². The molecule has 1 aliphatic heterocycles. The predicted octanol–water partition coefficient (Wildman–Crippen LogP) is 3.88. The Labute approximate surface area is 151 Å². The first-order chi connectivity index (χ1) is 12.0. The first-order valence-electron chi connectivity index (χ1n) is 9.17. The van der Waals surface area contributed by atoms with Crippen LogP contribution in [0.15, 0.2) is 18.2 Å². The molecule has 1 amide bonds. The van der Waals surface area contributed by atoms with E-state index in [-0.39, 0.29) is 28.7 Å². The molecule has 2 aliphatic carbocycles. The number of alkyl halides is 3. The van der Waals surface area contributed by atoms with Crippen molar-refractivity contribution in [3.05, 3.63) is 34.9 Å². The minimum absolute atomic E-state index is 0.0651. The van der Waals surface area contributed by atoms with Crippen LogP contribution in [0, 0.1) is 18.3 Å². The summed E-state index contributed by atoms with van der Waals surface area (Å²) in [7, 11) is 0. The Bertz CT molecular complexity index is 734. The monoisotopic (exact) mass is 367 g/mol. The Morgan fingerprint density at radius 2 is 1.81 bits per heavy atom. The summed E-state index contributed by atoms with van der Waals surface area (Å²) in [6, 6.07) is 4.66. The minimum Gasteiger partial charge on any atom is -0.390 e. The van der Waals surface area contributed by atoms with Crippen LogP contribution in [0.25, 0.3) is 0 Å². The molecule has 6 heteroatoms. The third-order valence-electron chi connectivity index (χ3n) is 6.48. The maximum atomic E-state index is 13.1. The van der Waals surface area contributed by atoms with Crippen molar-refractivity contribution in [3.8, 4) is 0 Å². The van der Waals surface area contributed by atoms with E-state index in [0.717, 1.165) is 18.4 Å². The van der Waals surface area contributed by atoms with Crippen molar-refractivity contribution in [2.75, 3.05) is 13.1 Å². The second-order valence-electron chi connectivity index (χ2n) is 8.97. The lowest BCUT2D eigenvalue weighted by Crippen LogP contribution is -2.65. The number of hydrogen-bond donors (Lipinski definition) is 1. The van der Waals surface area contributed by atoms with Crippen LogP contribution < -0.4 is 0 Å². The summed E-state index contributed by atoms with van der Waals surface area (Å²) in [6.07, 6.45) is -1.56. The molecule has 26 heavy (non-hydrogen) atoms. The molecule has 1 aromatic carbocycles. The Kier molecular flexibility index (Phi) is 3.75. The van der Waals surface area contributed by atoms with Gasteiger partial charge in [-0.05, 0) is 62.6 Å². The van der Waals surface area contributed by atoms with Crippen LogP contribution in [-0.2, 0) is 11.0 Å². The number of nitrogens with zero attached hydrogens (tertiary/aromatic N) is 1. The van der Waals surface area contributed by atoms with E-state index in [4.69, 9.17) is 0 Å². The largest absolute Gasteiger partial charge is 0.416 e. The van der Waals surface area contributed by atoms with E-state index in [1.165, 1.54) is 13.0 Å². The first-order valence-corrected chi connectivity index (χ1v) is 9.17. The zero-order chi connectivity index (χ0) is 18.9. The van der Waals surface area contributed by atoms with Crippen LogP contribution in [-0.4, -0.2) is 34.6 Å². The lowest BCUT2D eigenvalue weighted by Gasteiger charge is -2.60. The van der Waals surface area contributed by atoms with Crippen molar-refractivity contribution < 1.29 is 23.1 Å². The number of carbonyl (C=O) groups is 1. The van der Waals surface area contributed by atoms with Gasteiger partial charge in [-0.1, -0.05) is 12.1 Å². The lowest BCUT2D eigenvalue weighted by molar-refractivity contribution is -0.168. The second-order valence-corrected chi connectivity index (χ2v) is 8.97. The average molecular weight is 367 g/mol. The van der Waals surface area contributed by atoms with Gasteiger partial charge >= 0.3 is 6.18 Å². The van der Waals surface area contributed by atoms with Gasteiger partial charge in [0.2, 0.25) is 5.91 Å². The fraction of sp³-hybridized carbons (Fsp3) is 0.650. The van der Waals surface area contributed by atoms with E-state index in [1.807, 2.05) is 4.90 Å². The lowest BCUT2D eigenvalue weighted by atomic mass is 9.55. The molecule has 4 rings (SSSR count). The highest BCUT2D eigenvalue weighted by Crippen LogP contribution is 2.57. The molecule has 0 aromatic heterocycles. The highest BCUT2D eigenvalue weighted by atomic mass is 19.4. The molecule has 2 saturated carbocycles. The summed E-state index contributed by atoms with van der Waals surface area (Å²) in [5.41, 5.74) is -0.138. The van der Waals surface area contributed by atoms with Crippen LogP contribution in [0.1, 0.15) is 55.2 Å². The highest BCUT2D eigenvalue weighted by Gasteiger charge is 2.56. The third-order valence-corrected chi connectivity index (χ3v) is 6.48. The summed E-state index contributed by atoms with van der Waals surface area (Å²) >= 11 is 0. The third kappa shape index (κ3) is 2.92. The van der Waals surface area contributed by atoms with Gasteiger partial charge in [0.1, 0.15) is 0 Å². The van der Waals surface area contributed by atoms with Crippen molar-refractivity contribution in [1.82, 2.24) is 4.90 Å². The Morgan fingerprint density at radius 1 is 1.19 bits per heavy atom. The molecule has 1 heterocycles. The van der Waals surface area contributed by atoms with Gasteiger partial charge in [-0.15, -0.1) is 0 Å². The standard InChI is InChI=1S/C20H24F3NO2/c1-12-3-4-13(5-16(12)20(21,22)23)14-8-19(9-14)10-24(11-19)17(25)15-6-18(2,26)7-15/h3-5,14-15,26H,6-11H2,1-2H3/t15-,18+. The number of likely N-dealkylation sites (tertiary alicyclic amines) is 1. The highest BCUT2D eigenvalue weighted by molar-refractivity contribution is 5.81. The molecular formula is C20H24F3NO2. The van der Waals surface area contributed by atoms with E-state index in [9.17, 15) is 23.1 Å². The summed E-state index contributed by atoms with van der Waals surface area (Å²) in [4.78, 5) is 14.2. The van der Waals surface area contributed by atoms with E-state index >= 15 is 0 Å². The van der Waals surface area contributed by atoms with Gasteiger partial charge in [0.25, 0.3) is 0 Å². The zero-order valence-electron chi connectivity index (χ0n) is 15.1. The van der Waals surface area contributed by atoms with Gasteiger partial charge < -0.3 is 10.0 Å². The van der Waals surface area contributed by atoms with E-state index < -0.39 is 17.3 Å². The summed E-state index contributed by atoms with van der Waals surface area (Å²) < 4.78 is 39.3. The van der Waals surface area contributed by atoms with Gasteiger partial charge in [-0.25, -0.2) is 0 Å². The Hall–Kier alpha value is -1.56.